The molecule has 0 bridgehead atoms. The minimum absolute atomic E-state index is 0.521. The second kappa shape index (κ2) is 7.84. The fraction of sp³-hybridized carbons (Fsp3) is 0.917. The number of ether oxygens (including phenoxy) is 1. The lowest BCUT2D eigenvalue weighted by Crippen LogP contribution is -2.49. The number of nitrogens with zero attached hydrogens (tertiary/aromatic N) is 1. The summed E-state index contributed by atoms with van der Waals surface area (Å²) in [6.45, 7) is 8.29. The van der Waals surface area contributed by atoms with E-state index < -0.39 is 0 Å². The van der Waals surface area contributed by atoms with Gasteiger partial charge in [-0.15, -0.1) is 0 Å². The van der Waals surface area contributed by atoms with E-state index in [2.05, 4.69) is 29.4 Å². The molecule has 5 heteroatoms. The first-order valence-electron chi connectivity index (χ1n) is 6.41. The maximum atomic E-state index is 5.24. The van der Waals surface area contributed by atoms with Crippen molar-refractivity contribution in [2.75, 3.05) is 33.4 Å². The van der Waals surface area contributed by atoms with E-state index in [-0.39, 0.29) is 0 Å². The first kappa shape index (κ1) is 14.7. The molecule has 2 N–H and O–H groups in total. The number of piperidine rings is 1. The minimum Gasteiger partial charge on any atom is -0.383 e. The molecular weight excluding hydrogens is 234 g/mol. The second-order valence-electron chi connectivity index (χ2n) is 4.80. The zero-order chi connectivity index (χ0) is 12.7. The fourth-order valence-corrected chi connectivity index (χ4v) is 2.33. The van der Waals surface area contributed by atoms with Crippen LogP contribution in [-0.2, 0) is 4.74 Å². The van der Waals surface area contributed by atoms with Gasteiger partial charge >= 0.3 is 0 Å². The summed E-state index contributed by atoms with van der Waals surface area (Å²) in [7, 11) is 1.69. The Morgan fingerprint density at radius 1 is 1.41 bits per heavy atom. The van der Waals surface area contributed by atoms with Gasteiger partial charge in [-0.25, -0.2) is 0 Å². The number of hydrogen-bond acceptors (Lipinski definition) is 3. The number of thiocarbonyl (C=S) groups is 1. The SMILES string of the molecule is COCCNC(=S)NC1CCN(C(C)C)CC1. The number of hydrogen-bond donors (Lipinski definition) is 2. The quantitative estimate of drug-likeness (QED) is 0.568. The monoisotopic (exact) mass is 259 g/mol. The van der Waals surface area contributed by atoms with Crippen molar-refractivity contribution in [3.8, 4) is 0 Å². The van der Waals surface area contributed by atoms with Crippen molar-refractivity contribution >= 4 is 17.3 Å². The third kappa shape index (κ3) is 5.66. The summed E-state index contributed by atoms with van der Waals surface area (Å²) < 4.78 is 4.97. The Morgan fingerprint density at radius 2 is 2.06 bits per heavy atom. The molecule has 0 aromatic heterocycles. The van der Waals surface area contributed by atoms with Gasteiger partial charge in [-0.3, -0.25) is 0 Å². The van der Waals surface area contributed by atoms with Crippen LogP contribution in [0.25, 0.3) is 0 Å². The van der Waals surface area contributed by atoms with Crippen LogP contribution < -0.4 is 10.6 Å². The van der Waals surface area contributed by atoms with Crippen molar-refractivity contribution in [1.29, 1.82) is 0 Å². The van der Waals surface area contributed by atoms with Gasteiger partial charge in [0.05, 0.1) is 6.61 Å². The highest BCUT2D eigenvalue weighted by molar-refractivity contribution is 7.80. The van der Waals surface area contributed by atoms with Crippen LogP contribution in [0.3, 0.4) is 0 Å². The average Bonchev–Trinajstić information content (AvgIpc) is 2.30. The predicted molar refractivity (Wildman–Crippen MR) is 75.3 cm³/mol. The van der Waals surface area contributed by atoms with Gasteiger partial charge in [0.2, 0.25) is 0 Å². The van der Waals surface area contributed by atoms with Gasteiger partial charge in [-0.1, -0.05) is 0 Å². The zero-order valence-corrected chi connectivity index (χ0v) is 12.0. The molecule has 0 aromatic carbocycles. The van der Waals surface area contributed by atoms with E-state index in [1.54, 1.807) is 7.11 Å². The van der Waals surface area contributed by atoms with Crippen molar-refractivity contribution in [2.45, 2.75) is 38.8 Å². The summed E-state index contributed by atoms with van der Waals surface area (Å²) in [6.07, 6.45) is 2.34. The highest BCUT2D eigenvalue weighted by atomic mass is 32.1. The molecule has 1 rings (SSSR count). The highest BCUT2D eigenvalue weighted by Gasteiger charge is 2.20. The predicted octanol–water partition coefficient (Wildman–Crippen LogP) is 0.970. The van der Waals surface area contributed by atoms with Gasteiger partial charge in [0, 0.05) is 38.8 Å². The smallest absolute Gasteiger partial charge is 0.166 e. The lowest BCUT2D eigenvalue weighted by Gasteiger charge is -2.35. The molecule has 0 aliphatic carbocycles. The zero-order valence-electron chi connectivity index (χ0n) is 11.2. The largest absolute Gasteiger partial charge is 0.383 e. The van der Waals surface area contributed by atoms with Gasteiger partial charge in [0.15, 0.2) is 5.11 Å². The Hall–Kier alpha value is -0.390. The third-order valence-electron chi connectivity index (χ3n) is 3.19. The van der Waals surface area contributed by atoms with E-state index in [0.29, 0.717) is 18.7 Å². The first-order chi connectivity index (χ1) is 8.13. The Labute approximate surface area is 110 Å². The highest BCUT2D eigenvalue weighted by Crippen LogP contribution is 2.12. The van der Waals surface area contributed by atoms with Gasteiger partial charge in [-0.2, -0.15) is 0 Å². The van der Waals surface area contributed by atoms with Crippen molar-refractivity contribution < 1.29 is 4.74 Å². The lowest BCUT2D eigenvalue weighted by molar-refractivity contribution is 0.167. The van der Waals surface area contributed by atoms with Crippen LogP contribution in [-0.4, -0.2) is 55.4 Å². The summed E-state index contributed by atoms with van der Waals surface area (Å²) in [4.78, 5) is 2.51. The van der Waals surface area contributed by atoms with E-state index in [4.69, 9.17) is 17.0 Å². The minimum atomic E-state index is 0.521. The summed E-state index contributed by atoms with van der Waals surface area (Å²) >= 11 is 5.24. The molecule has 0 amide bonds. The van der Waals surface area contributed by atoms with E-state index >= 15 is 0 Å². The van der Waals surface area contributed by atoms with Crippen LogP contribution in [0.2, 0.25) is 0 Å². The van der Waals surface area contributed by atoms with Crippen LogP contribution >= 0.6 is 12.2 Å². The third-order valence-corrected chi connectivity index (χ3v) is 3.45. The molecule has 0 unspecified atom stereocenters. The van der Waals surface area contributed by atoms with Crippen molar-refractivity contribution in [3.05, 3.63) is 0 Å². The van der Waals surface area contributed by atoms with Gasteiger partial charge < -0.3 is 20.3 Å². The normalized spacial score (nSPS) is 18.4. The van der Waals surface area contributed by atoms with Crippen LogP contribution in [0.5, 0.6) is 0 Å². The van der Waals surface area contributed by atoms with Gasteiger partial charge in [0.25, 0.3) is 0 Å². The van der Waals surface area contributed by atoms with E-state index in [1.165, 1.54) is 12.8 Å². The number of methoxy groups -OCH3 is 1. The number of likely N-dealkylation sites (tertiary alicyclic amines) is 1. The van der Waals surface area contributed by atoms with Crippen LogP contribution in [0.4, 0.5) is 0 Å². The molecule has 0 atom stereocenters. The topological polar surface area (TPSA) is 36.5 Å². The molecule has 4 nitrogen and oxygen atoms in total. The summed E-state index contributed by atoms with van der Waals surface area (Å²) in [5.41, 5.74) is 0. The van der Waals surface area contributed by atoms with Crippen LogP contribution in [0.1, 0.15) is 26.7 Å². The molecule has 0 spiro atoms. The Kier molecular flexibility index (Phi) is 6.77. The molecule has 1 heterocycles. The van der Waals surface area contributed by atoms with Crippen molar-refractivity contribution in [3.63, 3.8) is 0 Å². The molecule has 0 saturated carbocycles. The summed E-state index contributed by atoms with van der Waals surface area (Å²) in [5, 5.41) is 7.28. The molecule has 1 aliphatic rings. The maximum absolute atomic E-state index is 5.24. The van der Waals surface area contributed by atoms with E-state index in [0.717, 1.165) is 24.7 Å². The van der Waals surface area contributed by atoms with Gasteiger partial charge in [-0.05, 0) is 38.9 Å². The van der Waals surface area contributed by atoms with Gasteiger partial charge in [0.1, 0.15) is 0 Å². The van der Waals surface area contributed by atoms with E-state index in [1.807, 2.05) is 0 Å². The van der Waals surface area contributed by atoms with E-state index in [9.17, 15) is 0 Å². The first-order valence-corrected chi connectivity index (χ1v) is 6.81. The molecule has 17 heavy (non-hydrogen) atoms. The Balaban J connectivity index is 2.15. The Morgan fingerprint density at radius 3 is 2.59 bits per heavy atom. The molecular formula is C12H25N3OS. The lowest BCUT2D eigenvalue weighted by atomic mass is 10.0. The summed E-state index contributed by atoms with van der Waals surface area (Å²) in [6, 6.07) is 1.18. The standard InChI is InChI=1S/C12H25N3OS/c1-10(2)15-7-4-11(5-8-15)14-12(17)13-6-9-16-3/h10-11H,4-9H2,1-3H3,(H2,13,14,17). The van der Waals surface area contributed by atoms with Crippen LogP contribution in [0.15, 0.2) is 0 Å². The van der Waals surface area contributed by atoms with Crippen molar-refractivity contribution in [2.24, 2.45) is 0 Å². The van der Waals surface area contributed by atoms with Crippen LogP contribution in [0, 0.1) is 0 Å². The number of rotatable bonds is 5. The Bertz CT molecular complexity index is 228. The molecule has 1 fully saturated rings. The average molecular weight is 259 g/mol. The molecule has 100 valence electrons. The molecule has 0 radical (unpaired) electrons. The molecule has 1 aliphatic heterocycles. The second-order valence-corrected chi connectivity index (χ2v) is 5.21. The fourth-order valence-electron chi connectivity index (χ4n) is 2.06. The maximum Gasteiger partial charge on any atom is 0.166 e. The molecule has 0 aromatic rings. The summed E-state index contributed by atoms with van der Waals surface area (Å²) in [5.74, 6) is 0. The molecule has 1 saturated heterocycles. The van der Waals surface area contributed by atoms with Crippen molar-refractivity contribution in [1.82, 2.24) is 15.5 Å². The number of nitrogens with one attached hydrogen (secondary N) is 2.